The minimum absolute atomic E-state index is 0.0101. The van der Waals surface area contributed by atoms with E-state index in [0.29, 0.717) is 12.6 Å². The van der Waals surface area contributed by atoms with Crippen LogP contribution in [0.4, 0.5) is 0 Å². The lowest BCUT2D eigenvalue weighted by atomic mass is 9.89. The van der Waals surface area contributed by atoms with Gasteiger partial charge in [0.15, 0.2) is 0 Å². The van der Waals surface area contributed by atoms with Crippen molar-refractivity contribution in [2.45, 2.75) is 49.0 Å². The van der Waals surface area contributed by atoms with E-state index < -0.39 is 0 Å². The molecule has 0 amide bonds. The first-order chi connectivity index (χ1) is 16.5. The molecule has 180 valence electrons. The van der Waals surface area contributed by atoms with Gasteiger partial charge >= 0.3 is 0 Å². The van der Waals surface area contributed by atoms with Crippen LogP contribution >= 0.6 is 11.8 Å². The van der Waals surface area contributed by atoms with Crippen molar-refractivity contribution in [3.63, 3.8) is 0 Å². The lowest BCUT2D eigenvalue weighted by Gasteiger charge is -2.37. The maximum Gasteiger partial charge on any atom is 0.133 e. The molecule has 0 spiro atoms. The van der Waals surface area contributed by atoms with Crippen molar-refractivity contribution in [2.24, 2.45) is 11.8 Å². The lowest BCUT2D eigenvalue weighted by Crippen LogP contribution is -2.35. The number of hydrogen-bond acceptors (Lipinski definition) is 6. The van der Waals surface area contributed by atoms with Gasteiger partial charge in [0.1, 0.15) is 35.7 Å². The Morgan fingerprint density at radius 2 is 2.03 bits per heavy atom. The van der Waals surface area contributed by atoms with Crippen LogP contribution in [-0.2, 0) is 4.74 Å². The average Bonchev–Trinajstić information content (AvgIpc) is 3.28. The summed E-state index contributed by atoms with van der Waals surface area (Å²) in [5.41, 5.74) is 1.01. The monoisotopic (exact) mass is 479 g/mol. The van der Waals surface area contributed by atoms with Crippen LogP contribution in [0.5, 0.6) is 17.2 Å². The quantitative estimate of drug-likeness (QED) is 0.538. The Bertz CT molecular complexity index is 1080. The molecule has 5 rings (SSSR count). The fourth-order valence-corrected chi connectivity index (χ4v) is 6.40. The first-order valence-electron chi connectivity index (χ1n) is 12.2. The number of fused-ring (bicyclic) bond motifs is 1. The second-order valence-corrected chi connectivity index (χ2v) is 10.9. The number of allylic oxidation sites excluding steroid dienone is 2. The normalized spacial score (nSPS) is 27.5. The van der Waals surface area contributed by atoms with Crippen molar-refractivity contribution in [3.8, 4) is 17.2 Å². The van der Waals surface area contributed by atoms with Crippen molar-refractivity contribution >= 4 is 11.8 Å². The molecule has 1 unspecified atom stereocenters. The van der Waals surface area contributed by atoms with Crippen LogP contribution in [0.25, 0.3) is 0 Å². The fourth-order valence-electron chi connectivity index (χ4n) is 5.03. The van der Waals surface area contributed by atoms with E-state index in [2.05, 4.69) is 37.0 Å². The summed E-state index contributed by atoms with van der Waals surface area (Å²) in [7, 11) is 0. The predicted octanol–water partition coefficient (Wildman–Crippen LogP) is 5.90. The van der Waals surface area contributed by atoms with E-state index in [1.54, 1.807) is 36.0 Å². The highest BCUT2D eigenvalue weighted by atomic mass is 32.2. The predicted molar refractivity (Wildman–Crippen MR) is 135 cm³/mol. The number of rotatable bonds is 6. The molecule has 1 fully saturated rings. The Hall–Kier alpha value is -2.57. The summed E-state index contributed by atoms with van der Waals surface area (Å²) in [5, 5.41) is 20.0. The fraction of sp³-hybridized carbons (Fsp3) is 0.429. The minimum Gasteiger partial charge on any atom is -0.508 e. The number of hydrogen-bond donors (Lipinski definition) is 2. The number of phenolic OH excluding ortho intramolecular Hbond substituents is 2. The summed E-state index contributed by atoms with van der Waals surface area (Å²) in [5.74, 6) is 3.14. The highest BCUT2D eigenvalue weighted by Gasteiger charge is 2.37. The third-order valence-corrected chi connectivity index (χ3v) is 8.40. The molecule has 0 bridgehead atoms. The molecule has 2 N–H and O–H groups in total. The smallest absolute Gasteiger partial charge is 0.133 e. The summed E-state index contributed by atoms with van der Waals surface area (Å²) >= 11 is 1.68. The zero-order chi connectivity index (χ0) is 23.7. The van der Waals surface area contributed by atoms with Gasteiger partial charge in [-0.15, -0.1) is 11.8 Å². The molecule has 1 aliphatic carbocycles. The van der Waals surface area contributed by atoms with E-state index in [9.17, 15) is 10.2 Å². The van der Waals surface area contributed by atoms with Gasteiger partial charge in [-0.05, 0) is 80.3 Å². The highest BCUT2D eigenvalue weighted by molar-refractivity contribution is 7.99. The maximum atomic E-state index is 10.1. The summed E-state index contributed by atoms with van der Waals surface area (Å²) in [6.45, 7) is 7.59. The van der Waals surface area contributed by atoms with Gasteiger partial charge in [-0.2, -0.15) is 0 Å². The van der Waals surface area contributed by atoms with Gasteiger partial charge < -0.3 is 19.7 Å². The molecule has 2 heterocycles. The molecule has 1 saturated heterocycles. The lowest BCUT2D eigenvalue weighted by molar-refractivity contribution is 0.121. The van der Waals surface area contributed by atoms with E-state index >= 15 is 0 Å². The van der Waals surface area contributed by atoms with Crippen LogP contribution < -0.4 is 4.74 Å². The SMILES string of the molecule is C[C@H]1CCN([C@H](C)COC2=CCC([C@@H]3Oc4ccc(O)cc4S[C@@H]3c3cccc(O)c3)C=C2)C1. The van der Waals surface area contributed by atoms with E-state index in [4.69, 9.17) is 9.47 Å². The van der Waals surface area contributed by atoms with E-state index in [-0.39, 0.29) is 28.8 Å². The van der Waals surface area contributed by atoms with Crippen LogP contribution in [0.15, 0.2) is 71.3 Å². The molecule has 6 heteroatoms. The van der Waals surface area contributed by atoms with Gasteiger partial charge in [-0.3, -0.25) is 4.90 Å². The number of thioether (sulfide) groups is 1. The topological polar surface area (TPSA) is 62.2 Å². The number of likely N-dealkylation sites (tertiary alicyclic amines) is 1. The van der Waals surface area contributed by atoms with Gasteiger partial charge in [0.25, 0.3) is 0 Å². The Morgan fingerprint density at radius 3 is 2.76 bits per heavy atom. The molecule has 2 aromatic carbocycles. The standard InChI is InChI=1S/C28H33NO4S/c1-18-12-13-29(16-18)19(2)17-32-24-9-6-20(7-10-24)27-28(21-4-3-5-22(30)14-21)34-26-15-23(31)8-11-25(26)33-27/h3-6,8-11,14-15,18-20,27-28,30-31H,7,12-13,16-17H2,1-2H3/t18-,19+,20?,27-,28+/m0/s1. The molecule has 2 aromatic rings. The van der Waals surface area contributed by atoms with E-state index in [1.165, 1.54) is 6.42 Å². The van der Waals surface area contributed by atoms with Crippen LogP contribution in [0.3, 0.4) is 0 Å². The molecule has 2 aliphatic heterocycles. The van der Waals surface area contributed by atoms with Crippen molar-refractivity contribution < 1.29 is 19.7 Å². The van der Waals surface area contributed by atoms with Crippen LogP contribution in [0, 0.1) is 11.8 Å². The third-order valence-electron chi connectivity index (χ3n) is 7.03. The van der Waals surface area contributed by atoms with Crippen LogP contribution in [0.1, 0.15) is 37.5 Å². The van der Waals surface area contributed by atoms with Gasteiger partial charge in [0, 0.05) is 18.5 Å². The summed E-state index contributed by atoms with van der Waals surface area (Å²) in [6.07, 6.45) is 8.44. The molecule has 0 saturated carbocycles. The van der Waals surface area contributed by atoms with Gasteiger partial charge in [0.2, 0.25) is 0 Å². The molecular weight excluding hydrogens is 446 g/mol. The average molecular weight is 480 g/mol. The summed E-state index contributed by atoms with van der Waals surface area (Å²) in [6, 6.07) is 13.0. The number of benzene rings is 2. The minimum atomic E-state index is -0.108. The summed E-state index contributed by atoms with van der Waals surface area (Å²) < 4.78 is 12.7. The van der Waals surface area contributed by atoms with E-state index in [0.717, 1.165) is 47.4 Å². The number of nitrogens with zero attached hydrogens (tertiary/aromatic N) is 1. The van der Waals surface area contributed by atoms with Gasteiger partial charge in [-0.1, -0.05) is 25.1 Å². The number of phenols is 2. The van der Waals surface area contributed by atoms with Crippen LogP contribution in [0.2, 0.25) is 0 Å². The first-order valence-corrected chi connectivity index (χ1v) is 13.0. The molecule has 0 radical (unpaired) electrons. The molecule has 34 heavy (non-hydrogen) atoms. The van der Waals surface area contributed by atoms with Gasteiger partial charge in [0.05, 0.1) is 10.1 Å². The Labute approximate surface area is 206 Å². The van der Waals surface area contributed by atoms with Crippen molar-refractivity contribution in [1.82, 2.24) is 4.90 Å². The zero-order valence-corrected chi connectivity index (χ0v) is 20.6. The van der Waals surface area contributed by atoms with Crippen molar-refractivity contribution in [2.75, 3.05) is 19.7 Å². The largest absolute Gasteiger partial charge is 0.508 e. The van der Waals surface area contributed by atoms with Gasteiger partial charge in [-0.25, -0.2) is 0 Å². The highest BCUT2D eigenvalue weighted by Crippen LogP contribution is 2.51. The number of aromatic hydroxyl groups is 2. The second kappa shape index (κ2) is 9.96. The van der Waals surface area contributed by atoms with Crippen molar-refractivity contribution in [1.29, 1.82) is 0 Å². The Morgan fingerprint density at radius 1 is 1.18 bits per heavy atom. The molecule has 0 aromatic heterocycles. The molecule has 3 aliphatic rings. The van der Waals surface area contributed by atoms with Crippen molar-refractivity contribution in [3.05, 3.63) is 72.0 Å². The summed E-state index contributed by atoms with van der Waals surface area (Å²) in [4.78, 5) is 3.43. The zero-order valence-electron chi connectivity index (χ0n) is 19.8. The molecular formula is C28H33NO4S. The Kier molecular flexibility index (Phi) is 6.79. The van der Waals surface area contributed by atoms with E-state index in [1.807, 2.05) is 18.2 Å². The number of ether oxygens (including phenoxy) is 2. The molecule has 5 atom stereocenters. The Balaban J connectivity index is 1.28. The maximum absolute atomic E-state index is 10.1. The second-order valence-electron chi connectivity index (χ2n) is 9.76. The van der Waals surface area contributed by atoms with Crippen LogP contribution in [-0.4, -0.2) is 47.0 Å². The first kappa shape index (κ1) is 23.2. The molecule has 5 nitrogen and oxygen atoms in total. The third kappa shape index (κ3) is 5.08.